The molecule has 0 unspecified atom stereocenters. The van der Waals surface area contributed by atoms with Crippen molar-refractivity contribution in [2.75, 3.05) is 4.90 Å². The number of hydrogen-bond donors (Lipinski definition) is 0. The Morgan fingerprint density at radius 1 is 0.370 bits per heavy atom. The summed E-state index contributed by atoms with van der Waals surface area (Å²) in [5.74, 6) is 1.74. The van der Waals surface area contributed by atoms with E-state index in [-0.39, 0.29) is 0 Å². The summed E-state index contributed by atoms with van der Waals surface area (Å²) in [4.78, 5) is 18.0. The number of hydrogen-bond acceptors (Lipinski definition) is 5. The third-order valence-corrected chi connectivity index (χ3v) is 9.90. The normalized spacial score (nSPS) is 11.3. The van der Waals surface area contributed by atoms with E-state index in [1.165, 1.54) is 0 Å². The second kappa shape index (κ2) is 13.3. The summed E-state index contributed by atoms with van der Waals surface area (Å²) >= 11 is 0. The van der Waals surface area contributed by atoms with Crippen molar-refractivity contribution in [1.82, 2.24) is 15.0 Å². The van der Waals surface area contributed by atoms with Crippen molar-refractivity contribution in [3.8, 4) is 45.3 Å². The minimum atomic E-state index is 0.573. The summed E-state index contributed by atoms with van der Waals surface area (Å²) in [5, 5.41) is 4.28. The first-order valence-electron chi connectivity index (χ1n) is 18.0. The van der Waals surface area contributed by atoms with Gasteiger partial charge in [-0.25, -0.2) is 15.0 Å². The molecule has 0 fully saturated rings. The van der Waals surface area contributed by atoms with Crippen LogP contribution in [-0.4, -0.2) is 15.0 Å². The zero-order chi connectivity index (χ0) is 35.8. The van der Waals surface area contributed by atoms with Gasteiger partial charge in [0.15, 0.2) is 17.5 Å². The van der Waals surface area contributed by atoms with Crippen LogP contribution in [0.15, 0.2) is 199 Å². The molecule has 0 spiro atoms. The van der Waals surface area contributed by atoms with Crippen LogP contribution in [0.25, 0.3) is 78.0 Å². The highest BCUT2D eigenvalue weighted by Gasteiger charge is 2.22. The van der Waals surface area contributed by atoms with Crippen molar-refractivity contribution < 1.29 is 4.42 Å². The fourth-order valence-electron chi connectivity index (χ4n) is 7.35. The lowest BCUT2D eigenvalue weighted by atomic mass is 10.0. The Kier molecular flexibility index (Phi) is 7.73. The molecule has 2 heterocycles. The molecule has 0 N–H and O–H groups in total. The number of benzene rings is 8. The maximum Gasteiger partial charge on any atom is 0.166 e. The minimum Gasteiger partial charge on any atom is -0.456 e. The van der Waals surface area contributed by atoms with Crippen LogP contribution >= 0.6 is 0 Å². The lowest BCUT2D eigenvalue weighted by molar-refractivity contribution is 0.669. The Bertz CT molecular complexity index is 2960. The third kappa shape index (κ3) is 5.65. The molecule has 254 valence electrons. The van der Waals surface area contributed by atoms with E-state index in [0.717, 1.165) is 77.6 Å². The van der Waals surface area contributed by atoms with Gasteiger partial charge in [-0.2, -0.15) is 0 Å². The fourth-order valence-corrected chi connectivity index (χ4v) is 7.35. The summed E-state index contributed by atoms with van der Waals surface area (Å²) in [5.41, 5.74) is 9.57. The number of rotatable bonds is 7. The second-order valence-electron chi connectivity index (χ2n) is 13.2. The highest BCUT2D eigenvalue weighted by molar-refractivity contribution is 6.11. The first-order chi connectivity index (χ1) is 26.8. The number of furan rings is 1. The predicted octanol–water partition coefficient (Wildman–Crippen LogP) is 13.1. The van der Waals surface area contributed by atoms with Crippen molar-refractivity contribution in [3.05, 3.63) is 194 Å². The number of fused-ring (bicyclic) bond motifs is 4. The molecule has 10 aromatic rings. The molecular weight excluding hydrogens is 661 g/mol. The van der Waals surface area contributed by atoms with Crippen LogP contribution < -0.4 is 4.90 Å². The van der Waals surface area contributed by atoms with Crippen molar-refractivity contribution in [3.63, 3.8) is 0 Å². The number of anilines is 3. The van der Waals surface area contributed by atoms with Gasteiger partial charge in [0.1, 0.15) is 11.2 Å². The van der Waals surface area contributed by atoms with Gasteiger partial charge in [-0.3, -0.25) is 0 Å². The van der Waals surface area contributed by atoms with Gasteiger partial charge in [0, 0.05) is 38.8 Å². The van der Waals surface area contributed by atoms with Gasteiger partial charge in [0.2, 0.25) is 0 Å². The zero-order valence-corrected chi connectivity index (χ0v) is 29.2. The van der Waals surface area contributed by atoms with E-state index in [2.05, 4.69) is 150 Å². The van der Waals surface area contributed by atoms with Gasteiger partial charge in [-0.05, 0) is 76.5 Å². The second-order valence-corrected chi connectivity index (χ2v) is 13.2. The van der Waals surface area contributed by atoms with Crippen molar-refractivity contribution in [2.24, 2.45) is 0 Å². The number of para-hydroxylation sites is 3. The Morgan fingerprint density at radius 2 is 0.981 bits per heavy atom. The van der Waals surface area contributed by atoms with Gasteiger partial charge in [0.25, 0.3) is 0 Å². The van der Waals surface area contributed by atoms with Crippen molar-refractivity contribution in [1.29, 1.82) is 0 Å². The molecule has 10 rings (SSSR count). The molecule has 5 nitrogen and oxygen atoms in total. The molecule has 2 aromatic heterocycles. The van der Waals surface area contributed by atoms with Gasteiger partial charge in [-0.15, -0.1) is 0 Å². The molecule has 54 heavy (non-hydrogen) atoms. The Balaban J connectivity index is 1.21. The van der Waals surface area contributed by atoms with E-state index in [1.54, 1.807) is 0 Å². The van der Waals surface area contributed by atoms with Crippen LogP contribution in [0.5, 0.6) is 0 Å². The van der Waals surface area contributed by atoms with Gasteiger partial charge < -0.3 is 9.32 Å². The molecule has 0 radical (unpaired) electrons. The molecule has 0 aliphatic rings. The molecule has 0 bridgehead atoms. The average molecular weight is 693 g/mol. The van der Waals surface area contributed by atoms with E-state index in [1.807, 2.05) is 48.5 Å². The Morgan fingerprint density at radius 3 is 1.85 bits per heavy atom. The van der Waals surface area contributed by atoms with Gasteiger partial charge in [-0.1, -0.05) is 140 Å². The zero-order valence-electron chi connectivity index (χ0n) is 29.2. The lowest BCUT2D eigenvalue weighted by Gasteiger charge is -2.28. The van der Waals surface area contributed by atoms with Crippen LogP contribution in [0.4, 0.5) is 17.1 Å². The topological polar surface area (TPSA) is 55.1 Å². The third-order valence-electron chi connectivity index (χ3n) is 9.90. The number of nitrogens with zero attached hydrogens (tertiary/aromatic N) is 4. The molecule has 0 aliphatic heterocycles. The van der Waals surface area contributed by atoms with E-state index in [4.69, 9.17) is 19.4 Å². The standard InChI is InChI=1S/C49H32N4O/c1-3-15-33(16-4-1)36-19-13-22-39(32-36)53(38-20-5-2-6-21-38)43-26-11-9-23-40(43)48-50-47(37-30-29-34-17-7-8-18-35(34)31-37)51-49(52-48)42-25-14-28-45-46(42)41-24-10-12-27-44(41)54-45/h1-32H. The Labute approximate surface area is 312 Å². The molecule has 5 heteroatoms. The van der Waals surface area contributed by atoms with Crippen molar-refractivity contribution in [2.45, 2.75) is 0 Å². The van der Waals surface area contributed by atoms with E-state index < -0.39 is 0 Å². The summed E-state index contributed by atoms with van der Waals surface area (Å²) in [7, 11) is 0. The van der Waals surface area contributed by atoms with E-state index in [0.29, 0.717) is 17.5 Å². The van der Waals surface area contributed by atoms with Crippen molar-refractivity contribution >= 4 is 49.8 Å². The first-order valence-corrected chi connectivity index (χ1v) is 18.0. The van der Waals surface area contributed by atoms with E-state index in [9.17, 15) is 0 Å². The van der Waals surface area contributed by atoms with Gasteiger partial charge in [0.05, 0.1) is 5.69 Å². The average Bonchev–Trinajstić information content (AvgIpc) is 3.64. The molecule has 0 saturated heterocycles. The van der Waals surface area contributed by atoms with Crippen LogP contribution in [-0.2, 0) is 0 Å². The first kappa shape index (κ1) is 31.4. The van der Waals surface area contributed by atoms with Gasteiger partial charge >= 0.3 is 0 Å². The van der Waals surface area contributed by atoms with Crippen LogP contribution in [0.1, 0.15) is 0 Å². The molecule has 0 atom stereocenters. The maximum absolute atomic E-state index is 6.30. The van der Waals surface area contributed by atoms with Crippen LogP contribution in [0.2, 0.25) is 0 Å². The fraction of sp³-hybridized carbons (Fsp3) is 0. The summed E-state index contributed by atoms with van der Waals surface area (Å²) in [6, 6.07) is 66.9. The lowest BCUT2D eigenvalue weighted by Crippen LogP contribution is -2.12. The van der Waals surface area contributed by atoms with Crippen LogP contribution in [0, 0.1) is 0 Å². The Hall–Kier alpha value is -7.37. The molecule has 0 amide bonds. The van der Waals surface area contributed by atoms with E-state index >= 15 is 0 Å². The largest absolute Gasteiger partial charge is 0.456 e. The van der Waals surface area contributed by atoms with Crippen LogP contribution in [0.3, 0.4) is 0 Å². The minimum absolute atomic E-state index is 0.573. The number of aromatic nitrogens is 3. The summed E-state index contributed by atoms with van der Waals surface area (Å²) in [6.07, 6.45) is 0. The monoisotopic (exact) mass is 692 g/mol. The highest BCUT2D eigenvalue weighted by atomic mass is 16.3. The smallest absolute Gasteiger partial charge is 0.166 e. The molecule has 0 aliphatic carbocycles. The maximum atomic E-state index is 6.30. The quantitative estimate of drug-likeness (QED) is 0.166. The molecular formula is C49H32N4O. The summed E-state index contributed by atoms with van der Waals surface area (Å²) in [6.45, 7) is 0. The SMILES string of the molecule is c1ccc(-c2cccc(N(c3ccccc3)c3ccccc3-c3nc(-c4ccc5ccccc5c4)nc(-c4cccc5oc6ccccc6c45)n3)c2)cc1. The molecule has 8 aromatic carbocycles. The molecule has 0 saturated carbocycles. The predicted molar refractivity (Wildman–Crippen MR) is 221 cm³/mol. The summed E-state index contributed by atoms with van der Waals surface area (Å²) < 4.78 is 6.30. The highest BCUT2D eigenvalue weighted by Crippen LogP contribution is 2.42.